The van der Waals surface area contributed by atoms with Crippen LogP contribution < -0.4 is 5.32 Å². The second kappa shape index (κ2) is 8.51. The van der Waals surface area contributed by atoms with E-state index in [4.69, 9.17) is 12.2 Å². The van der Waals surface area contributed by atoms with Crippen LogP contribution in [-0.4, -0.2) is 37.2 Å². The lowest BCUT2D eigenvalue weighted by Crippen LogP contribution is -2.30. The first-order valence-electron chi connectivity index (χ1n) is 10.4. The number of aromatic nitrogens is 2. The van der Waals surface area contributed by atoms with Gasteiger partial charge in [-0.2, -0.15) is 0 Å². The average Bonchev–Trinajstić information content (AvgIpc) is 3.24. The van der Waals surface area contributed by atoms with E-state index >= 15 is 0 Å². The average molecular weight is 435 g/mol. The Morgan fingerprint density at radius 2 is 1.94 bits per heavy atom. The number of para-hydroxylation sites is 1. The SMILES string of the molecule is CCCN1C(=S)N[C@@H](c2ccccn2)[C@@H]1c1cc(C)n(-c2ccccc2C(=O)O)c1C. The van der Waals surface area contributed by atoms with Gasteiger partial charge in [-0.15, -0.1) is 0 Å². The van der Waals surface area contributed by atoms with Crippen molar-refractivity contribution in [3.8, 4) is 5.69 Å². The van der Waals surface area contributed by atoms with Crippen molar-refractivity contribution in [2.45, 2.75) is 39.3 Å². The van der Waals surface area contributed by atoms with Gasteiger partial charge in [-0.05, 0) is 68.4 Å². The molecule has 2 atom stereocenters. The number of rotatable bonds is 6. The van der Waals surface area contributed by atoms with Crippen LogP contribution in [0.15, 0.2) is 54.7 Å². The fraction of sp³-hybridized carbons (Fsp3) is 0.292. The number of carboxylic acid groups (broad SMARTS) is 1. The fourth-order valence-electron chi connectivity index (χ4n) is 4.53. The molecule has 160 valence electrons. The van der Waals surface area contributed by atoms with Crippen molar-refractivity contribution in [3.63, 3.8) is 0 Å². The molecule has 1 aliphatic heterocycles. The molecule has 2 N–H and O–H groups in total. The van der Waals surface area contributed by atoms with E-state index in [1.54, 1.807) is 18.3 Å². The van der Waals surface area contributed by atoms with Crippen molar-refractivity contribution in [2.24, 2.45) is 0 Å². The molecule has 1 aliphatic rings. The molecule has 3 aromatic rings. The molecule has 0 bridgehead atoms. The highest BCUT2D eigenvalue weighted by atomic mass is 32.1. The van der Waals surface area contributed by atoms with E-state index in [1.165, 1.54) is 0 Å². The number of hydrogen-bond donors (Lipinski definition) is 2. The minimum atomic E-state index is -0.938. The molecule has 1 aromatic carbocycles. The van der Waals surface area contributed by atoms with Crippen LogP contribution in [0.1, 0.15) is 58.4 Å². The molecule has 6 nitrogen and oxygen atoms in total. The number of nitrogens with one attached hydrogen (secondary N) is 1. The Kier molecular flexibility index (Phi) is 5.78. The number of carboxylic acids is 1. The molecule has 0 unspecified atom stereocenters. The molecule has 31 heavy (non-hydrogen) atoms. The monoisotopic (exact) mass is 434 g/mol. The van der Waals surface area contributed by atoms with E-state index < -0.39 is 5.97 Å². The molecular formula is C24H26N4O2S. The third kappa shape index (κ3) is 3.70. The van der Waals surface area contributed by atoms with Crippen molar-refractivity contribution < 1.29 is 9.90 Å². The maximum absolute atomic E-state index is 11.8. The molecule has 1 saturated heterocycles. The van der Waals surface area contributed by atoms with Crippen molar-refractivity contribution in [2.75, 3.05) is 6.54 Å². The Balaban J connectivity index is 1.87. The number of pyridine rings is 1. The molecule has 3 heterocycles. The van der Waals surface area contributed by atoms with Gasteiger partial charge in [0.25, 0.3) is 0 Å². The summed E-state index contributed by atoms with van der Waals surface area (Å²) in [6.45, 7) is 7.02. The van der Waals surface area contributed by atoms with Crippen LogP contribution >= 0.6 is 12.2 Å². The van der Waals surface area contributed by atoms with Crippen LogP contribution in [-0.2, 0) is 0 Å². The van der Waals surface area contributed by atoms with Gasteiger partial charge in [-0.1, -0.05) is 25.1 Å². The third-order valence-electron chi connectivity index (χ3n) is 5.83. The number of nitrogens with zero attached hydrogens (tertiary/aromatic N) is 3. The fourth-order valence-corrected chi connectivity index (χ4v) is 4.86. The Bertz CT molecular complexity index is 1130. The summed E-state index contributed by atoms with van der Waals surface area (Å²) in [5, 5.41) is 13.9. The predicted molar refractivity (Wildman–Crippen MR) is 125 cm³/mol. The molecule has 0 saturated carbocycles. The standard InChI is InChI=1S/C24H26N4O2S/c1-4-13-27-22(21(26-24(27)31)19-10-7-8-12-25-19)18-14-15(2)28(16(18)3)20-11-6-5-9-17(20)23(29)30/h5-12,14,21-22H,4,13H2,1-3H3,(H,26,31)(H,29,30)/t21-,22-/m0/s1. The largest absolute Gasteiger partial charge is 0.478 e. The van der Waals surface area contributed by atoms with Crippen LogP contribution in [0.25, 0.3) is 5.69 Å². The lowest BCUT2D eigenvalue weighted by atomic mass is 9.96. The highest BCUT2D eigenvalue weighted by Crippen LogP contribution is 2.41. The zero-order valence-corrected chi connectivity index (χ0v) is 18.7. The first-order valence-corrected chi connectivity index (χ1v) is 10.8. The van der Waals surface area contributed by atoms with Gasteiger partial charge in [0, 0.05) is 24.1 Å². The molecule has 0 aliphatic carbocycles. The van der Waals surface area contributed by atoms with Crippen LogP contribution in [0, 0.1) is 13.8 Å². The topological polar surface area (TPSA) is 70.4 Å². The van der Waals surface area contributed by atoms with Gasteiger partial charge < -0.3 is 19.9 Å². The minimum Gasteiger partial charge on any atom is -0.478 e. The smallest absolute Gasteiger partial charge is 0.337 e. The molecule has 0 spiro atoms. The van der Waals surface area contributed by atoms with Gasteiger partial charge in [0.15, 0.2) is 5.11 Å². The van der Waals surface area contributed by atoms with E-state index in [1.807, 2.05) is 48.7 Å². The molecule has 0 amide bonds. The van der Waals surface area contributed by atoms with Crippen LogP contribution in [0.3, 0.4) is 0 Å². The van der Waals surface area contributed by atoms with Gasteiger partial charge in [0.1, 0.15) is 0 Å². The van der Waals surface area contributed by atoms with Crippen LogP contribution in [0.2, 0.25) is 0 Å². The Labute approximate surface area is 187 Å². The highest BCUT2D eigenvalue weighted by molar-refractivity contribution is 7.80. The summed E-state index contributed by atoms with van der Waals surface area (Å²) in [6, 6.07) is 15.1. The summed E-state index contributed by atoms with van der Waals surface area (Å²) >= 11 is 5.69. The minimum absolute atomic E-state index is 0.0284. The van der Waals surface area contributed by atoms with E-state index in [9.17, 15) is 9.90 Å². The highest BCUT2D eigenvalue weighted by Gasteiger charge is 2.41. The summed E-state index contributed by atoms with van der Waals surface area (Å²) in [7, 11) is 0. The Morgan fingerprint density at radius 1 is 1.19 bits per heavy atom. The first-order chi connectivity index (χ1) is 14.9. The molecule has 0 radical (unpaired) electrons. The number of carbonyl (C=O) groups is 1. The van der Waals surface area contributed by atoms with Gasteiger partial charge in [-0.3, -0.25) is 4.98 Å². The predicted octanol–water partition coefficient (Wildman–Crippen LogP) is 4.57. The maximum atomic E-state index is 11.8. The summed E-state index contributed by atoms with van der Waals surface area (Å²) in [5.41, 5.74) is 4.99. The summed E-state index contributed by atoms with van der Waals surface area (Å²) in [6.07, 6.45) is 2.76. The summed E-state index contributed by atoms with van der Waals surface area (Å²) < 4.78 is 2.03. The van der Waals surface area contributed by atoms with Crippen molar-refractivity contribution in [3.05, 3.63) is 82.9 Å². The van der Waals surface area contributed by atoms with Gasteiger partial charge in [0.2, 0.25) is 0 Å². The lowest BCUT2D eigenvalue weighted by Gasteiger charge is -2.28. The van der Waals surface area contributed by atoms with Gasteiger partial charge in [0.05, 0.1) is 29.0 Å². The van der Waals surface area contributed by atoms with Crippen LogP contribution in [0.4, 0.5) is 0 Å². The van der Waals surface area contributed by atoms with Crippen LogP contribution in [0.5, 0.6) is 0 Å². The number of aryl methyl sites for hydroxylation is 1. The van der Waals surface area contributed by atoms with Crippen molar-refractivity contribution in [1.82, 2.24) is 19.8 Å². The zero-order valence-electron chi connectivity index (χ0n) is 17.9. The van der Waals surface area contributed by atoms with Crippen molar-refractivity contribution >= 4 is 23.3 Å². The van der Waals surface area contributed by atoms with E-state index in [2.05, 4.69) is 28.2 Å². The van der Waals surface area contributed by atoms with E-state index in [0.29, 0.717) is 5.69 Å². The quantitative estimate of drug-likeness (QED) is 0.554. The molecule has 4 rings (SSSR count). The number of aromatic carboxylic acids is 1. The van der Waals surface area contributed by atoms with Gasteiger partial charge >= 0.3 is 5.97 Å². The maximum Gasteiger partial charge on any atom is 0.337 e. The first kappa shape index (κ1) is 21.1. The normalized spacial score (nSPS) is 18.3. The molecular weight excluding hydrogens is 408 g/mol. The van der Waals surface area contributed by atoms with E-state index in [0.717, 1.165) is 40.7 Å². The molecule has 1 fully saturated rings. The summed E-state index contributed by atoms with van der Waals surface area (Å²) in [5.74, 6) is -0.938. The Morgan fingerprint density at radius 3 is 2.61 bits per heavy atom. The molecule has 2 aromatic heterocycles. The summed E-state index contributed by atoms with van der Waals surface area (Å²) in [4.78, 5) is 18.7. The lowest BCUT2D eigenvalue weighted by molar-refractivity contribution is 0.0697. The number of hydrogen-bond acceptors (Lipinski definition) is 3. The number of benzene rings is 1. The number of thiocarbonyl (C=S) groups is 1. The van der Waals surface area contributed by atoms with Gasteiger partial charge in [-0.25, -0.2) is 4.79 Å². The van der Waals surface area contributed by atoms with Crippen molar-refractivity contribution in [1.29, 1.82) is 0 Å². The zero-order chi connectivity index (χ0) is 22.1. The third-order valence-corrected chi connectivity index (χ3v) is 6.18. The Hall–Kier alpha value is -3.19. The second-order valence-corrected chi connectivity index (χ2v) is 8.19. The second-order valence-electron chi connectivity index (χ2n) is 7.80. The molecule has 7 heteroatoms. The van der Waals surface area contributed by atoms with E-state index in [-0.39, 0.29) is 17.6 Å².